The van der Waals surface area contributed by atoms with Crippen LogP contribution in [0.1, 0.15) is 32.1 Å². The highest BCUT2D eigenvalue weighted by Gasteiger charge is 2.24. The van der Waals surface area contributed by atoms with Crippen molar-refractivity contribution in [3.05, 3.63) is 34.4 Å². The molecule has 1 fully saturated rings. The molecule has 1 N–H and O–H groups in total. The number of hydrogen-bond donors (Lipinski definition) is 1. The van der Waals surface area contributed by atoms with Gasteiger partial charge < -0.3 is 0 Å². The monoisotopic (exact) mass is 344 g/mol. The van der Waals surface area contributed by atoms with E-state index in [2.05, 4.69) is 4.72 Å². The highest BCUT2D eigenvalue weighted by atomic mass is 32.2. The summed E-state index contributed by atoms with van der Waals surface area (Å²) in [6.45, 7) is 0.287. The van der Waals surface area contributed by atoms with E-state index in [1.54, 1.807) is 11.8 Å². The summed E-state index contributed by atoms with van der Waals surface area (Å²) < 4.78 is 26.8. The van der Waals surface area contributed by atoms with E-state index in [0.717, 1.165) is 0 Å². The minimum Gasteiger partial charge on any atom is -0.258 e. The Bertz CT molecular complexity index is 613. The SMILES string of the molecule is O=[N+]([O-])c1ccccc1S(=O)(=O)NCCSC1CCCCC1. The smallest absolute Gasteiger partial charge is 0.258 e. The van der Waals surface area contributed by atoms with Gasteiger partial charge in [-0.15, -0.1) is 0 Å². The Morgan fingerprint density at radius 1 is 1.23 bits per heavy atom. The van der Waals surface area contributed by atoms with E-state index in [4.69, 9.17) is 0 Å². The van der Waals surface area contributed by atoms with E-state index in [-0.39, 0.29) is 11.4 Å². The van der Waals surface area contributed by atoms with Crippen molar-refractivity contribution in [2.24, 2.45) is 0 Å². The van der Waals surface area contributed by atoms with Crippen LogP contribution in [-0.2, 0) is 10.0 Å². The molecular weight excluding hydrogens is 324 g/mol. The van der Waals surface area contributed by atoms with Crippen LogP contribution in [0.25, 0.3) is 0 Å². The summed E-state index contributed by atoms with van der Waals surface area (Å²) in [5.74, 6) is 0.685. The van der Waals surface area contributed by atoms with E-state index in [1.807, 2.05) is 0 Å². The van der Waals surface area contributed by atoms with Crippen LogP contribution in [0.2, 0.25) is 0 Å². The molecular formula is C14H20N2O4S2. The van der Waals surface area contributed by atoms with Gasteiger partial charge in [-0.2, -0.15) is 11.8 Å². The highest BCUT2D eigenvalue weighted by molar-refractivity contribution is 8.00. The lowest BCUT2D eigenvalue weighted by Crippen LogP contribution is -2.27. The largest absolute Gasteiger partial charge is 0.289 e. The summed E-state index contributed by atoms with van der Waals surface area (Å²) in [6.07, 6.45) is 6.18. The zero-order valence-electron chi connectivity index (χ0n) is 12.2. The van der Waals surface area contributed by atoms with Gasteiger partial charge in [0.1, 0.15) is 0 Å². The Kier molecular flexibility index (Phi) is 6.22. The maximum atomic E-state index is 12.2. The molecule has 0 atom stereocenters. The molecule has 122 valence electrons. The normalized spacial score (nSPS) is 16.5. The Labute approximate surface area is 134 Å². The van der Waals surface area contributed by atoms with Crippen LogP contribution in [0.3, 0.4) is 0 Å². The summed E-state index contributed by atoms with van der Waals surface area (Å²) in [4.78, 5) is 9.96. The van der Waals surface area contributed by atoms with Gasteiger partial charge in [-0.25, -0.2) is 13.1 Å². The zero-order chi connectivity index (χ0) is 16.0. The lowest BCUT2D eigenvalue weighted by Gasteiger charge is -2.20. The average Bonchev–Trinajstić information content (AvgIpc) is 2.52. The Morgan fingerprint density at radius 2 is 1.91 bits per heavy atom. The van der Waals surface area contributed by atoms with Crippen LogP contribution < -0.4 is 4.72 Å². The van der Waals surface area contributed by atoms with E-state index in [9.17, 15) is 18.5 Å². The molecule has 0 amide bonds. The number of nitrogens with one attached hydrogen (secondary N) is 1. The first-order valence-electron chi connectivity index (χ1n) is 7.35. The summed E-state index contributed by atoms with van der Waals surface area (Å²) in [5.41, 5.74) is -0.394. The second-order valence-electron chi connectivity index (χ2n) is 5.25. The summed E-state index contributed by atoms with van der Waals surface area (Å²) >= 11 is 1.78. The zero-order valence-corrected chi connectivity index (χ0v) is 13.9. The van der Waals surface area contributed by atoms with Crippen molar-refractivity contribution in [2.75, 3.05) is 12.3 Å². The Balaban J connectivity index is 1.90. The third-order valence-corrected chi connectivity index (χ3v) is 6.54. The number of sulfonamides is 1. The van der Waals surface area contributed by atoms with E-state index >= 15 is 0 Å². The molecule has 0 saturated heterocycles. The maximum absolute atomic E-state index is 12.2. The predicted molar refractivity (Wildman–Crippen MR) is 87.6 cm³/mol. The third kappa shape index (κ3) is 4.69. The van der Waals surface area contributed by atoms with Crippen molar-refractivity contribution in [2.45, 2.75) is 42.2 Å². The molecule has 0 radical (unpaired) electrons. The van der Waals surface area contributed by atoms with Crippen molar-refractivity contribution >= 4 is 27.5 Å². The lowest BCUT2D eigenvalue weighted by molar-refractivity contribution is -0.387. The number of nitro groups is 1. The van der Waals surface area contributed by atoms with Crippen LogP contribution in [0.5, 0.6) is 0 Å². The van der Waals surface area contributed by atoms with Gasteiger partial charge in [-0.1, -0.05) is 31.4 Å². The molecule has 6 nitrogen and oxygen atoms in total. The molecule has 1 aromatic carbocycles. The van der Waals surface area contributed by atoms with Crippen LogP contribution in [0, 0.1) is 10.1 Å². The average molecular weight is 344 g/mol. The Morgan fingerprint density at radius 3 is 2.59 bits per heavy atom. The van der Waals surface area contributed by atoms with Crippen LogP contribution in [0.15, 0.2) is 29.2 Å². The molecule has 1 saturated carbocycles. The second-order valence-corrected chi connectivity index (χ2v) is 8.40. The molecule has 0 aliphatic heterocycles. The first-order chi connectivity index (χ1) is 10.5. The van der Waals surface area contributed by atoms with Crippen LogP contribution in [-0.4, -0.2) is 30.9 Å². The van der Waals surface area contributed by atoms with Crippen molar-refractivity contribution in [3.63, 3.8) is 0 Å². The highest BCUT2D eigenvalue weighted by Crippen LogP contribution is 2.28. The van der Waals surface area contributed by atoms with E-state index in [0.29, 0.717) is 11.0 Å². The number of thioether (sulfide) groups is 1. The Hall–Kier alpha value is -1.12. The number of nitro benzene ring substituents is 1. The topological polar surface area (TPSA) is 89.3 Å². The van der Waals surface area contributed by atoms with Gasteiger partial charge in [0.15, 0.2) is 4.90 Å². The van der Waals surface area contributed by atoms with Gasteiger partial charge in [-0.3, -0.25) is 10.1 Å². The third-order valence-electron chi connectivity index (χ3n) is 3.65. The number of benzene rings is 1. The standard InChI is InChI=1S/C14H20N2O4S2/c17-16(18)13-8-4-5-9-14(13)22(19,20)15-10-11-21-12-6-2-1-3-7-12/h4-5,8-9,12,15H,1-3,6-7,10-11H2. The van der Waals surface area contributed by atoms with Gasteiger partial charge >= 0.3 is 0 Å². The van der Waals surface area contributed by atoms with Gasteiger partial charge in [0.05, 0.1) is 4.92 Å². The molecule has 2 rings (SSSR count). The molecule has 0 bridgehead atoms. The molecule has 0 aromatic heterocycles. The number of nitrogens with zero attached hydrogens (tertiary/aromatic N) is 1. The van der Waals surface area contributed by atoms with Gasteiger partial charge in [0, 0.05) is 23.6 Å². The van der Waals surface area contributed by atoms with Gasteiger partial charge in [0.25, 0.3) is 5.69 Å². The minimum atomic E-state index is -3.84. The minimum absolute atomic E-state index is 0.275. The van der Waals surface area contributed by atoms with Crippen molar-refractivity contribution < 1.29 is 13.3 Å². The fraction of sp³-hybridized carbons (Fsp3) is 0.571. The fourth-order valence-corrected chi connectivity index (χ4v) is 5.10. The first-order valence-corrected chi connectivity index (χ1v) is 9.88. The number of hydrogen-bond acceptors (Lipinski definition) is 5. The molecule has 8 heteroatoms. The fourth-order valence-electron chi connectivity index (χ4n) is 2.55. The molecule has 22 heavy (non-hydrogen) atoms. The molecule has 1 aliphatic carbocycles. The van der Waals surface area contributed by atoms with Crippen molar-refractivity contribution in [3.8, 4) is 0 Å². The van der Waals surface area contributed by atoms with Gasteiger partial charge in [0.2, 0.25) is 10.0 Å². The molecule has 1 aromatic rings. The molecule has 1 aliphatic rings. The van der Waals surface area contributed by atoms with Crippen LogP contribution >= 0.6 is 11.8 Å². The van der Waals surface area contributed by atoms with E-state index in [1.165, 1.54) is 56.4 Å². The summed E-state index contributed by atoms with van der Waals surface area (Å²) in [6, 6.07) is 5.40. The van der Waals surface area contributed by atoms with E-state index < -0.39 is 20.6 Å². The maximum Gasteiger partial charge on any atom is 0.289 e. The number of para-hydroxylation sites is 1. The number of rotatable bonds is 7. The summed E-state index contributed by atoms with van der Waals surface area (Å²) in [5, 5.41) is 11.5. The summed E-state index contributed by atoms with van der Waals surface area (Å²) in [7, 11) is -3.84. The quantitative estimate of drug-likeness (QED) is 0.467. The van der Waals surface area contributed by atoms with Gasteiger partial charge in [-0.05, 0) is 18.9 Å². The molecule has 0 spiro atoms. The molecule has 0 unspecified atom stereocenters. The van der Waals surface area contributed by atoms with Crippen molar-refractivity contribution in [1.29, 1.82) is 0 Å². The first kappa shape index (κ1) is 17.2. The predicted octanol–water partition coefficient (Wildman–Crippen LogP) is 2.94. The van der Waals surface area contributed by atoms with Crippen LogP contribution in [0.4, 0.5) is 5.69 Å². The second kappa shape index (κ2) is 7.94. The molecule has 0 heterocycles. The van der Waals surface area contributed by atoms with Crippen molar-refractivity contribution in [1.82, 2.24) is 4.72 Å². The lowest BCUT2D eigenvalue weighted by atomic mass is 10.0.